The van der Waals surface area contributed by atoms with Crippen LogP contribution in [-0.2, 0) is 33.5 Å². The summed E-state index contributed by atoms with van der Waals surface area (Å²) in [5.41, 5.74) is 3.83. The Morgan fingerprint density at radius 1 is 1.15 bits per heavy atom. The predicted molar refractivity (Wildman–Crippen MR) is 155 cm³/mol. The van der Waals surface area contributed by atoms with Crippen LogP contribution in [0.2, 0.25) is 0 Å². The number of carbonyl (C=O) groups excluding carboxylic acids is 2. The van der Waals surface area contributed by atoms with Crippen molar-refractivity contribution < 1.29 is 23.8 Å². The van der Waals surface area contributed by atoms with E-state index in [0.717, 1.165) is 61.5 Å². The van der Waals surface area contributed by atoms with E-state index in [1.807, 2.05) is 32.9 Å². The lowest BCUT2D eigenvalue weighted by Crippen LogP contribution is -2.42. The molecule has 1 atom stereocenters. The largest absolute Gasteiger partial charge is 0.493 e. The van der Waals surface area contributed by atoms with Gasteiger partial charge < -0.3 is 29.7 Å². The second kappa shape index (κ2) is 13.8. The molecule has 0 spiro atoms. The highest BCUT2D eigenvalue weighted by Gasteiger charge is 2.24. The van der Waals surface area contributed by atoms with Crippen molar-refractivity contribution in [3.63, 3.8) is 0 Å². The molecule has 9 heteroatoms. The lowest BCUT2D eigenvalue weighted by Gasteiger charge is -2.28. The molecule has 0 saturated heterocycles. The average molecular weight is 553 g/mol. The average Bonchev–Trinajstić information content (AvgIpc) is 3.39. The molecule has 1 aromatic heterocycles. The summed E-state index contributed by atoms with van der Waals surface area (Å²) in [5.74, 6) is 1.59. The van der Waals surface area contributed by atoms with E-state index in [-0.39, 0.29) is 24.5 Å². The lowest BCUT2D eigenvalue weighted by atomic mass is 10.0. The first-order chi connectivity index (χ1) is 19.2. The fourth-order valence-corrected chi connectivity index (χ4v) is 5.05. The molecule has 0 aliphatic carbocycles. The predicted octanol–water partition coefficient (Wildman–Crippen LogP) is 4.83. The Balaban J connectivity index is 1.38. The molecule has 218 valence electrons. The number of anilines is 1. The van der Waals surface area contributed by atoms with Gasteiger partial charge in [-0.2, -0.15) is 0 Å². The molecular formula is C31H44N4O5. The summed E-state index contributed by atoms with van der Waals surface area (Å²) in [6.07, 6.45) is 4.47. The molecule has 9 nitrogen and oxygen atoms in total. The van der Waals surface area contributed by atoms with Crippen molar-refractivity contribution in [3.8, 4) is 5.75 Å². The Hall–Kier alpha value is -3.33. The van der Waals surface area contributed by atoms with Crippen LogP contribution in [-0.4, -0.2) is 66.9 Å². The highest BCUT2D eigenvalue weighted by atomic mass is 16.6. The third-order valence-electron chi connectivity index (χ3n) is 7.04. The Morgan fingerprint density at radius 2 is 1.98 bits per heavy atom. The first-order valence-corrected chi connectivity index (χ1v) is 14.6. The normalized spacial score (nSPS) is 14.8. The number of pyridine rings is 1. The number of nitrogens with one attached hydrogen (secondary N) is 2. The zero-order valence-corrected chi connectivity index (χ0v) is 24.4. The van der Waals surface area contributed by atoms with Crippen LogP contribution < -0.4 is 15.4 Å². The van der Waals surface area contributed by atoms with E-state index < -0.39 is 5.60 Å². The number of aromatic nitrogens is 1. The second-order valence-electron chi connectivity index (χ2n) is 11.4. The zero-order chi connectivity index (χ0) is 28.5. The van der Waals surface area contributed by atoms with Gasteiger partial charge in [0.2, 0.25) is 0 Å². The van der Waals surface area contributed by atoms with Crippen LogP contribution >= 0.6 is 0 Å². The number of esters is 1. The smallest absolute Gasteiger partial charge is 0.410 e. The molecule has 0 radical (unpaired) electrons. The summed E-state index contributed by atoms with van der Waals surface area (Å²) in [7, 11) is 0. The fraction of sp³-hybridized carbons (Fsp3) is 0.581. The van der Waals surface area contributed by atoms with Crippen molar-refractivity contribution in [2.45, 2.75) is 77.9 Å². The van der Waals surface area contributed by atoms with Crippen LogP contribution in [0.25, 0.3) is 0 Å². The summed E-state index contributed by atoms with van der Waals surface area (Å²) < 4.78 is 16.7. The third kappa shape index (κ3) is 8.58. The van der Waals surface area contributed by atoms with Gasteiger partial charge in [0.25, 0.3) is 0 Å². The Morgan fingerprint density at radius 3 is 2.77 bits per heavy atom. The summed E-state index contributed by atoms with van der Waals surface area (Å²) in [6.45, 7) is 10.9. The maximum absolute atomic E-state index is 13.1. The molecule has 0 bridgehead atoms. The highest BCUT2D eigenvalue weighted by Crippen LogP contribution is 2.30. The molecule has 0 saturated carbocycles. The summed E-state index contributed by atoms with van der Waals surface area (Å²) in [5, 5.41) is 6.87. The summed E-state index contributed by atoms with van der Waals surface area (Å²) in [4.78, 5) is 32.0. The number of benzene rings is 1. The number of ether oxygens (including phenoxy) is 3. The maximum Gasteiger partial charge on any atom is 0.410 e. The number of nitrogens with zero attached hydrogens (tertiary/aromatic N) is 2. The van der Waals surface area contributed by atoms with Crippen molar-refractivity contribution in [3.05, 3.63) is 52.7 Å². The Labute approximate surface area is 238 Å². The minimum Gasteiger partial charge on any atom is -0.493 e. The van der Waals surface area contributed by atoms with Gasteiger partial charge in [-0.25, -0.2) is 9.78 Å². The summed E-state index contributed by atoms with van der Waals surface area (Å²) >= 11 is 0. The van der Waals surface area contributed by atoms with Gasteiger partial charge in [0, 0.05) is 44.3 Å². The maximum atomic E-state index is 13.1. The van der Waals surface area contributed by atoms with Crippen LogP contribution in [0, 0.1) is 0 Å². The van der Waals surface area contributed by atoms with Crippen molar-refractivity contribution >= 4 is 17.9 Å². The molecule has 1 amide bonds. The number of hydrogen-bond donors (Lipinski definition) is 2. The van der Waals surface area contributed by atoms with E-state index >= 15 is 0 Å². The molecule has 0 fully saturated rings. The molecule has 40 heavy (non-hydrogen) atoms. The van der Waals surface area contributed by atoms with Gasteiger partial charge in [-0.1, -0.05) is 18.2 Å². The Kier molecular flexibility index (Phi) is 10.3. The van der Waals surface area contributed by atoms with Crippen LogP contribution in [0.4, 0.5) is 10.6 Å². The summed E-state index contributed by atoms with van der Waals surface area (Å²) in [6, 6.07) is 10.1. The molecule has 3 heterocycles. The van der Waals surface area contributed by atoms with Crippen molar-refractivity contribution in [2.75, 3.05) is 44.7 Å². The van der Waals surface area contributed by atoms with Crippen LogP contribution in [0.15, 0.2) is 30.3 Å². The molecule has 2 N–H and O–H groups in total. The minimum absolute atomic E-state index is 0.192. The van der Waals surface area contributed by atoms with Gasteiger partial charge in [-0.3, -0.25) is 4.79 Å². The van der Waals surface area contributed by atoms with E-state index in [9.17, 15) is 9.59 Å². The van der Waals surface area contributed by atoms with Gasteiger partial charge >= 0.3 is 12.1 Å². The van der Waals surface area contributed by atoms with Gasteiger partial charge in [0.1, 0.15) is 17.2 Å². The van der Waals surface area contributed by atoms with E-state index in [0.29, 0.717) is 32.8 Å². The number of fused-ring (bicyclic) bond motifs is 2. The SMILES string of the molecule is CCOC(=O)CC(NCCN(CCCc1ccc2c(n1)NCCC2)C(=O)OC(C)(C)C)c1ccc2c(c1)OCC2. The quantitative estimate of drug-likeness (QED) is 0.361. The zero-order valence-electron chi connectivity index (χ0n) is 24.4. The number of carbonyl (C=O) groups is 2. The molecule has 2 aliphatic rings. The molecule has 1 unspecified atom stereocenters. The minimum atomic E-state index is -0.592. The first kappa shape index (κ1) is 29.6. The van der Waals surface area contributed by atoms with Crippen molar-refractivity contribution in [1.82, 2.24) is 15.2 Å². The van der Waals surface area contributed by atoms with Gasteiger partial charge in [0.15, 0.2) is 0 Å². The monoisotopic (exact) mass is 552 g/mol. The topological polar surface area (TPSA) is 102 Å². The lowest BCUT2D eigenvalue weighted by molar-refractivity contribution is -0.143. The van der Waals surface area contributed by atoms with Gasteiger partial charge in [-0.05, 0) is 82.2 Å². The van der Waals surface area contributed by atoms with E-state index in [2.05, 4.69) is 28.8 Å². The number of amides is 1. The highest BCUT2D eigenvalue weighted by molar-refractivity contribution is 5.70. The number of rotatable bonds is 12. The fourth-order valence-electron chi connectivity index (χ4n) is 5.05. The number of aryl methyl sites for hydroxylation is 2. The van der Waals surface area contributed by atoms with E-state index in [4.69, 9.17) is 19.2 Å². The van der Waals surface area contributed by atoms with Gasteiger partial charge in [0.05, 0.1) is 19.6 Å². The molecule has 1 aromatic carbocycles. The third-order valence-corrected chi connectivity index (χ3v) is 7.04. The second-order valence-corrected chi connectivity index (χ2v) is 11.4. The first-order valence-electron chi connectivity index (χ1n) is 14.6. The molecular weight excluding hydrogens is 508 g/mol. The van der Waals surface area contributed by atoms with Gasteiger partial charge in [-0.15, -0.1) is 0 Å². The van der Waals surface area contributed by atoms with Crippen molar-refractivity contribution in [2.24, 2.45) is 0 Å². The Bertz CT molecular complexity index is 1160. The van der Waals surface area contributed by atoms with Crippen LogP contribution in [0.3, 0.4) is 0 Å². The van der Waals surface area contributed by atoms with Crippen LogP contribution in [0.1, 0.15) is 75.4 Å². The van der Waals surface area contributed by atoms with Crippen LogP contribution in [0.5, 0.6) is 5.75 Å². The van der Waals surface area contributed by atoms with Crippen molar-refractivity contribution in [1.29, 1.82) is 0 Å². The molecule has 4 rings (SSSR count). The molecule has 2 aromatic rings. The molecule has 2 aliphatic heterocycles. The van der Waals surface area contributed by atoms with E-state index in [1.54, 1.807) is 11.8 Å². The standard InChI is InChI=1S/C31H44N4O5/c1-5-38-28(36)21-26(24-11-10-22-14-19-39-27(22)20-24)32-16-18-35(30(37)40-31(2,3)4)17-7-9-25-13-12-23-8-6-15-33-29(23)34-25/h10-13,20,26,32H,5-9,14-19,21H2,1-4H3,(H,33,34). The van der Waals surface area contributed by atoms with E-state index in [1.165, 1.54) is 11.1 Å². The number of hydrogen-bond acceptors (Lipinski definition) is 8.